The van der Waals surface area contributed by atoms with Crippen LogP contribution < -0.4 is 5.56 Å². The lowest BCUT2D eigenvalue weighted by molar-refractivity contribution is -0.118. The van der Waals surface area contributed by atoms with Crippen LogP contribution in [0.2, 0.25) is 0 Å². The summed E-state index contributed by atoms with van der Waals surface area (Å²) < 4.78 is 0. The number of carbonyl (C=O) groups excluding carboxylic acids is 1. The molecule has 1 aliphatic carbocycles. The third kappa shape index (κ3) is 1.82. The molecule has 0 atom stereocenters. The summed E-state index contributed by atoms with van der Waals surface area (Å²) in [5.74, 6) is 0.290. The van der Waals surface area contributed by atoms with E-state index in [2.05, 4.69) is 4.98 Å². The Bertz CT molecular complexity index is 422. The van der Waals surface area contributed by atoms with Crippen molar-refractivity contribution in [2.75, 3.05) is 0 Å². The van der Waals surface area contributed by atoms with Gasteiger partial charge in [0.15, 0.2) is 0 Å². The van der Waals surface area contributed by atoms with Gasteiger partial charge < -0.3 is 4.98 Å². The van der Waals surface area contributed by atoms with Crippen molar-refractivity contribution in [3.05, 3.63) is 40.3 Å². The van der Waals surface area contributed by atoms with Gasteiger partial charge in [0.25, 0.3) is 0 Å². The first-order valence-electron chi connectivity index (χ1n) is 4.65. The van der Waals surface area contributed by atoms with Gasteiger partial charge in [0.05, 0.1) is 0 Å². The van der Waals surface area contributed by atoms with Gasteiger partial charge in [-0.2, -0.15) is 0 Å². The van der Waals surface area contributed by atoms with Crippen molar-refractivity contribution in [2.24, 2.45) is 0 Å². The number of aromatic amines is 1. The minimum atomic E-state index is -0.0961. The summed E-state index contributed by atoms with van der Waals surface area (Å²) in [6.07, 6.45) is 5.56. The highest BCUT2D eigenvalue weighted by atomic mass is 16.1. The van der Waals surface area contributed by atoms with E-state index in [0.29, 0.717) is 12.8 Å². The zero-order valence-electron chi connectivity index (χ0n) is 7.75. The Hall–Kier alpha value is -1.64. The number of ketones is 1. The van der Waals surface area contributed by atoms with Crippen molar-refractivity contribution < 1.29 is 4.79 Å². The molecule has 0 amide bonds. The number of rotatable bonds is 1. The fourth-order valence-electron chi connectivity index (χ4n) is 1.59. The van der Waals surface area contributed by atoms with Crippen molar-refractivity contribution in [1.82, 2.24) is 4.98 Å². The van der Waals surface area contributed by atoms with Crippen LogP contribution in [-0.4, -0.2) is 10.8 Å². The molecule has 72 valence electrons. The Labute approximate surface area is 81.5 Å². The molecule has 1 aliphatic rings. The molecule has 1 aromatic heterocycles. The summed E-state index contributed by atoms with van der Waals surface area (Å²) >= 11 is 0. The van der Waals surface area contributed by atoms with Crippen molar-refractivity contribution >= 4 is 11.4 Å². The fourth-order valence-corrected chi connectivity index (χ4v) is 1.59. The molecule has 0 saturated heterocycles. The predicted molar refractivity (Wildman–Crippen MR) is 53.9 cm³/mol. The largest absolute Gasteiger partial charge is 0.329 e. The lowest BCUT2D eigenvalue weighted by atomic mass is 9.94. The molecule has 1 heterocycles. The Kier molecular flexibility index (Phi) is 2.31. The molecule has 0 fully saturated rings. The lowest BCUT2D eigenvalue weighted by Gasteiger charge is -2.11. The standard InChI is InChI=1S/C11H11NO2/c13-10-4-1-8(2-5-10)9-3-6-11(14)12-7-9/h1,3,6-7H,2,4-5H2,(H,12,14). The Morgan fingerprint density at radius 3 is 2.57 bits per heavy atom. The second-order valence-electron chi connectivity index (χ2n) is 3.41. The number of hydrogen-bond acceptors (Lipinski definition) is 2. The van der Waals surface area contributed by atoms with Crippen LogP contribution in [0.4, 0.5) is 0 Å². The Morgan fingerprint density at radius 1 is 1.14 bits per heavy atom. The third-order valence-electron chi connectivity index (χ3n) is 2.40. The number of hydrogen-bond donors (Lipinski definition) is 1. The van der Waals surface area contributed by atoms with Crippen LogP contribution in [0.15, 0.2) is 29.2 Å². The van der Waals surface area contributed by atoms with E-state index in [1.807, 2.05) is 6.08 Å². The van der Waals surface area contributed by atoms with Crippen LogP contribution in [0.25, 0.3) is 5.57 Å². The lowest BCUT2D eigenvalue weighted by Crippen LogP contribution is -2.06. The fraction of sp³-hybridized carbons (Fsp3) is 0.273. The van der Waals surface area contributed by atoms with E-state index in [-0.39, 0.29) is 11.3 Å². The average molecular weight is 189 g/mol. The molecular weight excluding hydrogens is 178 g/mol. The molecule has 14 heavy (non-hydrogen) atoms. The first-order valence-corrected chi connectivity index (χ1v) is 4.65. The van der Waals surface area contributed by atoms with Crippen LogP contribution in [0.5, 0.6) is 0 Å². The molecule has 0 unspecified atom stereocenters. The van der Waals surface area contributed by atoms with Gasteiger partial charge >= 0.3 is 0 Å². The molecule has 0 aliphatic heterocycles. The van der Waals surface area contributed by atoms with Crippen LogP contribution in [0.1, 0.15) is 24.8 Å². The number of H-pyrrole nitrogens is 1. The summed E-state index contributed by atoms with van der Waals surface area (Å²) in [6.45, 7) is 0. The predicted octanol–water partition coefficient (Wildman–Crippen LogP) is 1.51. The molecule has 3 nitrogen and oxygen atoms in total. The van der Waals surface area contributed by atoms with E-state index in [1.54, 1.807) is 12.3 Å². The maximum Gasteiger partial charge on any atom is 0.247 e. The number of pyridine rings is 1. The van der Waals surface area contributed by atoms with Gasteiger partial charge in [-0.1, -0.05) is 6.08 Å². The molecule has 1 aromatic rings. The highest BCUT2D eigenvalue weighted by Gasteiger charge is 2.11. The Morgan fingerprint density at radius 2 is 2.00 bits per heavy atom. The van der Waals surface area contributed by atoms with Crippen LogP contribution in [-0.2, 0) is 4.79 Å². The molecule has 0 radical (unpaired) electrons. The highest BCUT2D eigenvalue weighted by molar-refractivity contribution is 5.86. The second kappa shape index (κ2) is 3.62. The molecule has 1 N–H and O–H groups in total. The molecular formula is C11H11NO2. The number of Topliss-reactive ketones (excluding diaryl/α,β-unsaturated/α-hetero) is 1. The number of aromatic nitrogens is 1. The van der Waals surface area contributed by atoms with Crippen LogP contribution in [0.3, 0.4) is 0 Å². The van der Waals surface area contributed by atoms with Crippen molar-refractivity contribution in [2.45, 2.75) is 19.3 Å². The molecule has 3 heteroatoms. The quantitative estimate of drug-likeness (QED) is 0.728. The maximum atomic E-state index is 11.0. The molecule has 0 saturated carbocycles. The number of carbonyl (C=O) groups is 1. The van der Waals surface area contributed by atoms with Gasteiger partial charge in [-0.25, -0.2) is 0 Å². The van der Waals surface area contributed by atoms with Crippen molar-refractivity contribution in [3.63, 3.8) is 0 Å². The molecule has 0 bridgehead atoms. The number of allylic oxidation sites excluding steroid dienone is 2. The van der Waals surface area contributed by atoms with E-state index in [0.717, 1.165) is 17.6 Å². The van der Waals surface area contributed by atoms with E-state index in [4.69, 9.17) is 0 Å². The van der Waals surface area contributed by atoms with Gasteiger partial charge in [0.1, 0.15) is 5.78 Å². The number of nitrogens with one attached hydrogen (secondary N) is 1. The summed E-state index contributed by atoms with van der Waals surface area (Å²) in [7, 11) is 0. The third-order valence-corrected chi connectivity index (χ3v) is 2.40. The minimum absolute atomic E-state index is 0.0961. The summed E-state index contributed by atoms with van der Waals surface area (Å²) in [5.41, 5.74) is 2.07. The van der Waals surface area contributed by atoms with E-state index >= 15 is 0 Å². The maximum absolute atomic E-state index is 11.0. The average Bonchev–Trinajstić information content (AvgIpc) is 2.21. The minimum Gasteiger partial charge on any atom is -0.329 e. The van der Waals surface area contributed by atoms with Crippen LogP contribution >= 0.6 is 0 Å². The van der Waals surface area contributed by atoms with Crippen molar-refractivity contribution in [3.8, 4) is 0 Å². The van der Waals surface area contributed by atoms with Crippen molar-refractivity contribution in [1.29, 1.82) is 0 Å². The molecule has 0 aromatic carbocycles. The summed E-state index contributed by atoms with van der Waals surface area (Å²) in [5, 5.41) is 0. The second-order valence-corrected chi connectivity index (χ2v) is 3.41. The first-order chi connectivity index (χ1) is 6.75. The zero-order valence-corrected chi connectivity index (χ0v) is 7.75. The van der Waals surface area contributed by atoms with Gasteiger partial charge in [0.2, 0.25) is 5.56 Å². The van der Waals surface area contributed by atoms with Gasteiger partial charge in [-0.15, -0.1) is 0 Å². The highest BCUT2D eigenvalue weighted by Crippen LogP contribution is 2.23. The summed E-state index contributed by atoms with van der Waals surface area (Å²) in [6, 6.07) is 3.30. The Balaban J connectivity index is 2.27. The zero-order chi connectivity index (χ0) is 9.97. The SMILES string of the molecule is O=C1CC=C(c2ccc(=O)[nH]c2)CC1. The summed E-state index contributed by atoms with van der Waals surface area (Å²) in [4.78, 5) is 24.4. The van der Waals surface area contributed by atoms with E-state index in [1.165, 1.54) is 6.07 Å². The van der Waals surface area contributed by atoms with Gasteiger partial charge in [-0.05, 0) is 23.6 Å². The van der Waals surface area contributed by atoms with Gasteiger partial charge in [-0.3, -0.25) is 9.59 Å². The first kappa shape index (κ1) is 8.94. The molecule has 2 rings (SSSR count). The van der Waals surface area contributed by atoms with E-state index in [9.17, 15) is 9.59 Å². The molecule has 0 spiro atoms. The normalized spacial score (nSPS) is 16.6. The topological polar surface area (TPSA) is 49.9 Å². The van der Waals surface area contributed by atoms with E-state index < -0.39 is 0 Å². The van der Waals surface area contributed by atoms with Crippen LogP contribution in [0, 0.1) is 0 Å². The van der Waals surface area contributed by atoms with Gasteiger partial charge in [0, 0.05) is 25.1 Å². The monoisotopic (exact) mass is 189 g/mol. The smallest absolute Gasteiger partial charge is 0.247 e.